The summed E-state index contributed by atoms with van der Waals surface area (Å²) in [6, 6.07) is 7.93. The third kappa shape index (κ3) is 7.49. The van der Waals surface area contributed by atoms with Crippen LogP contribution < -0.4 is 4.74 Å². The van der Waals surface area contributed by atoms with Crippen molar-refractivity contribution < 1.29 is 23.8 Å². The van der Waals surface area contributed by atoms with Crippen molar-refractivity contribution in [3.8, 4) is 5.75 Å². The fourth-order valence-electron chi connectivity index (χ4n) is 2.27. The molecule has 0 atom stereocenters. The van der Waals surface area contributed by atoms with Crippen LogP contribution in [0.4, 0.5) is 0 Å². The highest BCUT2D eigenvalue weighted by Gasteiger charge is 2.28. The monoisotopic (exact) mass is 336 g/mol. The minimum absolute atomic E-state index is 0.263. The highest BCUT2D eigenvalue weighted by atomic mass is 16.6. The van der Waals surface area contributed by atoms with Gasteiger partial charge in [-0.3, -0.25) is 9.59 Å². The van der Waals surface area contributed by atoms with Gasteiger partial charge in [0.25, 0.3) is 0 Å². The number of unbranched alkanes of at least 4 members (excludes halogenated alkanes) is 2. The smallest absolute Gasteiger partial charge is 0.320 e. The second-order valence-electron chi connectivity index (χ2n) is 5.57. The summed E-state index contributed by atoms with van der Waals surface area (Å²) in [4.78, 5) is 23.7. The lowest BCUT2D eigenvalue weighted by atomic mass is 10.0. The van der Waals surface area contributed by atoms with Crippen molar-refractivity contribution in [2.45, 2.75) is 46.5 Å². The number of rotatable bonds is 11. The van der Waals surface area contributed by atoms with Gasteiger partial charge in [0.2, 0.25) is 0 Å². The molecule has 0 saturated heterocycles. The fraction of sp³-hybridized carbons (Fsp3) is 0.579. The van der Waals surface area contributed by atoms with Crippen LogP contribution in [-0.4, -0.2) is 31.8 Å². The van der Waals surface area contributed by atoms with E-state index in [1.54, 1.807) is 13.8 Å². The summed E-state index contributed by atoms with van der Waals surface area (Å²) in [7, 11) is 0. The van der Waals surface area contributed by atoms with Gasteiger partial charge >= 0.3 is 11.9 Å². The van der Waals surface area contributed by atoms with E-state index in [1.807, 2.05) is 31.2 Å². The molecule has 0 aliphatic rings. The first-order chi connectivity index (χ1) is 11.6. The van der Waals surface area contributed by atoms with Gasteiger partial charge in [-0.1, -0.05) is 30.5 Å². The van der Waals surface area contributed by atoms with E-state index in [1.165, 1.54) is 5.56 Å². The maximum Gasteiger partial charge on any atom is 0.320 e. The number of benzene rings is 1. The van der Waals surface area contributed by atoms with Gasteiger partial charge in [0.05, 0.1) is 19.8 Å². The number of hydrogen-bond acceptors (Lipinski definition) is 5. The van der Waals surface area contributed by atoms with Crippen LogP contribution in [0.5, 0.6) is 5.75 Å². The summed E-state index contributed by atoms with van der Waals surface area (Å²) < 4.78 is 15.6. The van der Waals surface area contributed by atoms with Gasteiger partial charge in [-0.15, -0.1) is 0 Å². The molecule has 0 heterocycles. The third-order valence-electron chi connectivity index (χ3n) is 3.57. The molecular weight excluding hydrogens is 308 g/mol. The zero-order chi connectivity index (χ0) is 17.8. The molecule has 0 unspecified atom stereocenters. The average molecular weight is 336 g/mol. The molecule has 0 spiro atoms. The topological polar surface area (TPSA) is 61.8 Å². The molecule has 0 N–H and O–H groups in total. The van der Waals surface area contributed by atoms with E-state index in [-0.39, 0.29) is 13.2 Å². The van der Waals surface area contributed by atoms with Gasteiger partial charge < -0.3 is 14.2 Å². The van der Waals surface area contributed by atoms with Crippen LogP contribution in [0.1, 0.15) is 45.1 Å². The summed E-state index contributed by atoms with van der Waals surface area (Å²) in [5, 5.41) is 0. The number of carbonyl (C=O) groups is 2. The number of ether oxygens (including phenoxy) is 3. The number of esters is 2. The molecule has 0 aliphatic carbocycles. The number of hydrogen-bond donors (Lipinski definition) is 0. The molecule has 1 aromatic carbocycles. The highest BCUT2D eigenvalue weighted by molar-refractivity contribution is 5.94. The van der Waals surface area contributed by atoms with Crippen LogP contribution in [0.25, 0.3) is 0 Å². The molecule has 0 aliphatic heterocycles. The SMILES string of the molecule is CCOC(=O)C(CCCCCOc1ccc(C)cc1)C(=O)OCC. The quantitative estimate of drug-likeness (QED) is 0.350. The largest absolute Gasteiger partial charge is 0.494 e. The molecule has 0 radical (unpaired) electrons. The van der Waals surface area contributed by atoms with Gasteiger partial charge in [-0.05, 0) is 45.7 Å². The first-order valence-electron chi connectivity index (χ1n) is 8.61. The zero-order valence-electron chi connectivity index (χ0n) is 14.9. The summed E-state index contributed by atoms with van der Waals surface area (Å²) >= 11 is 0. The van der Waals surface area contributed by atoms with Crippen LogP contribution in [0.2, 0.25) is 0 Å². The fourth-order valence-corrected chi connectivity index (χ4v) is 2.27. The Balaban J connectivity index is 2.27. The molecule has 5 heteroatoms. The maximum atomic E-state index is 11.8. The Morgan fingerprint density at radius 1 is 0.917 bits per heavy atom. The standard InChI is InChI=1S/C19H28O5/c1-4-22-18(20)17(19(21)23-5-2)9-7-6-8-14-24-16-12-10-15(3)11-13-16/h10-13,17H,4-9,14H2,1-3H3. The first-order valence-corrected chi connectivity index (χ1v) is 8.61. The van der Waals surface area contributed by atoms with Crippen LogP contribution in [-0.2, 0) is 19.1 Å². The lowest BCUT2D eigenvalue weighted by Crippen LogP contribution is -2.28. The lowest BCUT2D eigenvalue weighted by Gasteiger charge is -2.14. The molecule has 24 heavy (non-hydrogen) atoms. The van der Waals surface area contributed by atoms with E-state index >= 15 is 0 Å². The van der Waals surface area contributed by atoms with E-state index in [9.17, 15) is 9.59 Å². The Morgan fingerprint density at radius 2 is 1.50 bits per heavy atom. The summed E-state index contributed by atoms with van der Waals surface area (Å²) in [5.74, 6) is -0.946. The molecule has 0 fully saturated rings. The van der Waals surface area contributed by atoms with Crippen molar-refractivity contribution in [3.63, 3.8) is 0 Å². The molecule has 0 saturated carbocycles. The van der Waals surface area contributed by atoms with Gasteiger partial charge in [0, 0.05) is 0 Å². The normalized spacial score (nSPS) is 10.5. The third-order valence-corrected chi connectivity index (χ3v) is 3.57. The Hall–Kier alpha value is -2.04. The van der Waals surface area contributed by atoms with E-state index in [0.29, 0.717) is 13.0 Å². The van der Waals surface area contributed by atoms with Crippen LogP contribution in [0.3, 0.4) is 0 Å². The molecule has 1 rings (SSSR count). The minimum Gasteiger partial charge on any atom is -0.494 e. The predicted octanol–water partition coefficient (Wildman–Crippen LogP) is 3.68. The molecule has 5 nitrogen and oxygen atoms in total. The maximum absolute atomic E-state index is 11.8. The molecule has 0 aromatic heterocycles. The van der Waals surface area contributed by atoms with Crippen LogP contribution >= 0.6 is 0 Å². The Labute approximate surface area is 144 Å². The van der Waals surface area contributed by atoms with Gasteiger partial charge in [0.15, 0.2) is 5.92 Å². The number of aryl methyl sites for hydroxylation is 1. The predicted molar refractivity (Wildman–Crippen MR) is 91.9 cm³/mol. The first kappa shape index (κ1) is 20.0. The van der Waals surface area contributed by atoms with Gasteiger partial charge in [0.1, 0.15) is 5.75 Å². The van der Waals surface area contributed by atoms with E-state index < -0.39 is 17.9 Å². The zero-order valence-corrected chi connectivity index (χ0v) is 14.9. The van der Waals surface area contributed by atoms with Crippen molar-refractivity contribution in [2.24, 2.45) is 5.92 Å². The highest BCUT2D eigenvalue weighted by Crippen LogP contribution is 2.15. The van der Waals surface area contributed by atoms with E-state index in [2.05, 4.69) is 0 Å². The van der Waals surface area contributed by atoms with Gasteiger partial charge in [-0.25, -0.2) is 0 Å². The molecule has 1 aromatic rings. The molecule has 0 amide bonds. The van der Waals surface area contributed by atoms with Crippen molar-refractivity contribution in [1.29, 1.82) is 0 Å². The summed E-state index contributed by atoms with van der Waals surface area (Å²) in [5.41, 5.74) is 1.20. The Bertz CT molecular complexity index is 477. The van der Waals surface area contributed by atoms with Crippen LogP contribution in [0.15, 0.2) is 24.3 Å². The number of carbonyl (C=O) groups excluding carboxylic acids is 2. The molecule has 0 bridgehead atoms. The van der Waals surface area contributed by atoms with Gasteiger partial charge in [-0.2, -0.15) is 0 Å². The van der Waals surface area contributed by atoms with Crippen LogP contribution in [0, 0.1) is 12.8 Å². The second-order valence-corrected chi connectivity index (χ2v) is 5.57. The average Bonchev–Trinajstić information content (AvgIpc) is 2.56. The van der Waals surface area contributed by atoms with E-state index in [4.69, 9.17) is 14.2 Å². The van der Waals surface area contributed by atoms with Crippen molar-refractivity contribution in [1.82, 2.24) is 0 Å². The van der Waals surface area contributed by atoms with E-state index in [0.717, 1.165) is 25.0 Å². The molecular formula is C19H28O5. The van der Waals surface area contributed by atoms with Crippen molar-refractivity contribution >= 4 is 11.9 Å². The summed E-state index contributed by atoms with van der Waals surface area (Å²) in [6.07, 6.45) is 2.94. The van der Waals surface area contributed by atoms with Crippen molar-refractivity contribution in [3.05, 3.63) is 29.8 Å². The molecule has 134 valence electrons. The Morgan fingerprint density at radius 3 is 2.04 bits per heavy atom. The second kappa shape index (κ2) is 11.5. The summed E-state index contributed by atoms with van der Waals surface area (Å²) in [6.45, 7) is 6.63. The lowest BCUT2D eigenvalue weighted by molar-refractivity contribution is -0.161. The van der Waals surface area contributed by atoms with Crippen molar-refractivity contribution in [2.75, 3.05) is 19.8 Å². The minimum atomic E-state index is -0.817. The Kier molecular flexibility index (Phi) is 9.58.